The van der Waals surface area contributed by atoms with Crippen molar-refractivity contribution in [2.45, 2.75) is 38.1 Å². The lowest BCUT2D eigenvalue weighted by Crippen LogP contribution is -2.38. The van der Waals surface area contributed by atoms with Gasteiger partial charge in [-0.25, -0.2) is 9.59 Å². The van der Waals surface area contributed by atoms with Gasteiger partial charge in [0.25, 0.3) is 0 Å². The number of rotatable bonds is 3. The summed E-state index contributed by atoms with van der Waals surface area (Å²) in [5.41, 5.74) is 1.10. The van der Waals surface area contributed by atoms with E-state index in [0.717, 1.165) is 5.57 Å². The summed E-state index contributed by atoms with van der Waals surface area (Å²) in [5.74, 6) is -1.82. The van der Waals surface area contributed by atoms with Crippen molar-refractivity contribution < 1.29 is 29.3 Å². The summed E-state index contributed by atoms with van der Waals surface area (Å²) in [6.07, 6.45) is -0.712. The van der Waals surface area contributed by atoms with Gasteiger partial charge in [-0.1, -0.05) is 32.2 Å². The summed E-state index contributed by atoms with van der Waals surface area (Å²) in [6, 6.07) is 0. The molecule has 0 aromatic rings. The molecule has 0 radical (unpaired) electrons. The van der Waals surface area contributed by atoms with Gasteiger partial charge < -0.3 is 19.7 Å². The van der Waals surface area contributed by atoms with Gasteiger partial charge in [-0.05, 0) is 18.3 Å². The number of ether oxygens (including phenoxy) is 2. The molecule has 136 valence electrons. The SMILES string of the molecule is C=C(CO)C(=O)O[C@H]1CC(=C)[C@@H]2C[C@H](O)[C@@H](C)[C@@H]2[C@H]2OC(=O)C(=C)[C@@H]21. The van der Waals surface area contributed by atoms with Gasteiger partial charge in [-0.3, -0.25) is 0 Å². The predicted octanol–water partition coefficient (Wildman–Crippen LogP) is 1.14. The molecule has 25 heavy (non-hydrogen) atoms. The lowest BCUT2D eigenvalue weighted by Gasteiger charge is -2.30. The molecule has 0 bridgehead atoms. The Labute approximate surface area is 146 Å². The Kier molecular flexibility index (Phi) is 4.60. The van der Waals surface area contributed by atoms with Crippen molar-refractivity contribution in [3.8, 4) is 0 Å². The molecule has 6 heteroatoms. The number of esters is 2. The fraction of sp³-hybridized carbons (Fsp3) is 0.579. The second-order valence-electron chi connectivity index (χ2n) is 7.33. The molecule has 2 saturated carbocycles. The molecule has 3 fully saturated rings. The molecule has 0 aromatic heterocycles. The van der Waals surface area contributed by atoms with Gasteiger partial charge in [0.2, 0.25) is 0 Å². The van der Waals surface area contributed by atoms with E-state index < -0.39 is 42.8 Å². The van der Waals surface area contributed by atoms with E-state index in [-0.39, 0.29) is 28.9 Å². The molecule has 2 aliphatic carbocycles. The van der Waals surface area contributed by atoms with Crippen molar-refractivity contribution in [3.05, 3.63) is 36.5 Å². The maximum Gasteiger partial charge on any atom is 0.336 e. The monoisotopic (exact) mass is 348 g/mol. The minimum Gasteiger partial charge on any atom is -0.458 e. The van der Waals surface area contributed by atoms with Crippen molar-refractivity contribution in [2.75, 3.05) is 6.61 Å². The van der Waals surface area contributed by atoms with Crippen molar-refractivity contribution >= 4 is 11.9 Å². The highest BCUT2D eigenvalue weighted by Gasteiger charge is 2.57. The Morgan fingerprint density at radius 3 is 2.72 bits per heavy atom. The molecular formula is C19H24O6. The van der Waals surface area contributed by atoms with E-state index in [2.05, 4.69) is 19.7 Å². The molecule has 6 nitrogen and oxygen atoms in total. The zero-order valence-corrected chi connectivity index (χ0v) is 14.3. The summed E-state index contributed by atoms with van der Waals surface area (Å²) in [5, 5.41) is 19.4. The lowest BCUT2D eigenvalue weighted by atomic mass is 9.79. The van der Waals surface area contributed by atoms with E-state index in [4.69, 9.17) is 14.6 Å². The van der Waals surface area contributed by atoms with E-state index in [1.165, 1.54) is 0 Å². The third-order valence-corrected chi connectivity index (χ3v) is 5.94. The largest absolute Gasteiger partial charge is 0.458 e. The average molecular weight is 348 g/mol. The number of carbonyl (C=O) groups is 2. The molecule has 2 N–H and O–H groups in total. The highest BCUT2D eigenvalue weighted by molar-refractivity contribution is 5.91. The number of aliphatic hydroxyl groups is 2. The Balaban J connectivity index is 1.95. The number of aliphatic hydroxyl groups excluding tert-OH is 2. The maximum atomic E-state index is 12.1. The highest BCUT2D eigenvalue weighted by atomic mass is 16.6. The highest BCUT2D eigenvalue weighted by Crippen LogP contribution is 2.53. The first-order chi connectivity index (χ1) is 11.8. The first-order valence-electron chi connectivity index (χ1n) is 8.51. The standard InChI is InChI=1S/C19H24O6/c1-8-5-14(24-18(22)9(2)7-20)16-11(4)19(23)25-17(16)15-10(3)13(21)6-12(8)15/h10,12-17,20-21H,1-2,4-7H2,3H3/t10-,12+,13+,14+,15+,16-,17-/m1/s1. The van der Waals surface area contributed by atoms with Crippen LogP contribution >= 0.6 is 0 Å². The molecule has 1 heterocycles. The van der Waals surface area contributed by atoms with Gasteiger partial charge in [0.15, 0.2) is 0 Å². The fourth-order valence-corrected chi connectivity index (χ4v) is 4.52. The van der Waals surface area contributed by atoms with Crippen LogP contribution in [0.4, 0.5) is 0 Å². The second kappa shape index (κ2) is 6.42. The van der Waals surface area contributed by atoms with E-state index in [1.54, 1.807) is 0 Å². The minimum atomic E-state index is -0.702. The normalized spacial score (nSPS) is 40.1. The molecular weight excluding hydrogens is 324 g/mol. The van der Waals surface area contributed by atoms with Crippen LogP contribution < -0.4 is 0 Å². The van der Waals surface area contributed by atoms with E-state index >= 15 is 0 Å². The summed E-state index contributed by atoms with van der Waals surface area (Å²) in [6.45, 7) is 12.9. The second-order valence-corrected chi connectivity index (χ2v) is 7.33. The molecule has 7 atom stereocenters. The van der Waals surface area contributed by atoms with Crippen LogP contribution in [0.2, 0.25) is 0 Å². The Morgan fingerprint density at radius 1 is 1.40 bits per heavy atom. The summed E-state index contributed by atoms with van der Waals surface area (Å²) >= 11 is 0. The first kappa shape index (κ1) is 17.9. The van der Waals surface area contributed by atoms with Crippen LogP contribution in [0.3, 0.4) is 0 Å². The quantitative estimate of drug-likeness (QED) is 0.451. The molecule has 1 aliphatic heterocycles. The molecule has 3 rings (SSSR count). The summed E-state index contributed by atoms with van der Waals surface area (Å²) in [7, 11) is 0. The third kappa shape index (κ3) is 2.83. The van der Waals surface area contributed by atoms with E-state index in [9.17, 15) is 14.7 Å². The van der Waals surface area contributed by atoms with Crippen LogP contribution in [0, 0.1) is 23.7 Å². The number of hydrogen-bond donors (Lipinski definition) is 2. The topological polar surface area (TPSA) is 93.1 Å². The van der Waals surface area contributed by atoms with Gasteiger partial charge in [-0.2, -0.15) is 0 Å². The molecule has 0 unspecified atom stereocenters. The number of fused-ring (bicyclic) bond motifs is 3. The van der Waals surface area contributed by atoms with Crippen LogP contribution in [0.15, 0.2) is 36.5 Å². The Hall–Kier alpha value is -1.92. The third-order valence-electron chi connectivity index (χ3n) is 5.94. The van der Waals surface area contributed by atoms with Crippen molar-refractivity contribution in [3.63, 3.8) is 0 Å². The van der Waals surface area contributed by atoms with Crippen molar-refractivity contribution in [1.29, 1.82) is 0 Å². The molecule has 0 spiro atoms. The van der Waals surface area contributed by atoms with Crippen LogP contribution in [0.25, 0.3) is 0 Å². The average Bonchev–Trinajstić information content (AvgIpc) is 2.99. The van der Waals surface area contributed by atoms with Crippen molar-refractivity contribution in [2.24, 2.45) is 23.7 Å². The van der Waals surface area contributed by atoms with Crippen LogP contribution in [-0.2, 0) is 19.1 Å². The number of carbonyl (C=O) groups excluding carboxylic acids is 2. The van der Waals surface area contributed by atoms with Gasteiger partial charge in [0.1, 0.15) is 12.2 Å². The summed E-state index contributed by atoms with van der Waals surface area (Å²) in [4.78, 5) is 24.2. The van der Waals surface area contributed by atoms with Gasteiger partial charge >= 0.3 is 11.9 Å². The maximum absolute atomic E-state index is 12.1. The fourth-order valence-electron chi connectivity index (χ4n) is 4.52. The van der Waals surface area contributed by atoms with Crippen LogP contribution in [0.1, 0.15) is 19.8 Å². The molecule has 0 aromatic carbocycles. The minimum absolute atomic E-state index is 0.000875. The van der Waals surface area contributed by atoms with Gasteiger partial charge in [-0.15, -0.1) is 0 Å². The van der Waals surface area contributed by atoms with Gasteiger partial charge in [0, 0.05) is 17.9 Å². The Morgan fingerprint density at radius 2 is 2.08 bits per heavy atom. The zero-order chi connectivity index (χ0) is 18.5. The van der Waals surface area contributed by atoms with E-state index in [0.29, 0.717) is 12.8 Å². The predicted molar refractivity (Wildman–Crippen MR) is 89.1 cm³/mol. The van der Waals surface area contributed by atoms with Crippen LogP contribution in [0.5, 0.6) is 0 Å². The zero-order valence-electron chi connectivity index (χ0n) is 14.3. The molecule has 3 aliphatic rings. The van der Waals surface area contributed by atoms with Crippen molar-refractivity contribution in [1.82, 2.24) is 0 Å². The summed E-state index contributed by atoms with van der Waals surface area (Å²) < 4.78 is 11.1. The molecule has 1 saturated heterocycles. The van der Waals surface area contributed by atoms with Gasteiger partial charge in [0.05, 0.1) is 24.2 Å². The first-order valence-corrected chi connectivity index (χ1v) is 8.51. The smallest absolute Gasteiger partial charge is 0.336 e. The van der Waals surface area contributed by atoms with Crippen LogP contribution in [-0.4, -0.2) is 47.1 Å². The number of hydrogen-bond acceptors (Lipinski definition) is 6. The lowest BCUT2D eigenvalue weighted by molar-refractivity contribution is -0.149. The molecule has 0 amide bonds. The van der Waals surface area contributed by atoms with E-state index in [1.807, 2.05) is 6.92 Å². The Bertz CT molecular complexity index is 650.